The number of hydrogen-bond donors (Lipinski definition) is 2. The van der Waals surface area contributed by atoms with E-state index in [2.05, 4.69) is 11.6 Å². The zero-order valence-electron chi connectivity index (χ0n) is 11.3. The lowest BCUT2D eigenvalue weighted by Gasteiger charge is -2.17. The molecule has 0 aliphatic carbocycles. The Morgan fingerprint density at radius 1 is 1.47 bits per heavy atom. The van der Waals surface area contributed by atoms with Crippen LogP contribution in [0.25, 0.3) is 12.2 Å². The van der Waals surface area contributed by atoms with Gasteiger partial charge in [0.25, 0.3) is 0 Å². The maximum Gasteiger partial charge on any atom is 0.172 e. The van der Waals surface area contributed by atoms with Gasteiger partial charge in [-0.05, 0) is 23.6 Å². The van der Waals surface area contributed by atoms with Crippen molar-refractivity contribution < 1.29 is 14.6 Å². The second kappa shape index (κ2) is 6.18. The van der Waals surface area contributed by atoms with Crippen LogP contribution in [0.5, 0.6) is 5.75 Å². The Hall–Kier alpha value is -2.10. The van der Waals surface area contributed by atoms with Crippen molar-refractivity contribution in [2.75, 3.05) is 7.05 Å². The van der Waals surface area contributed by atoms with Gasteiger partial charge < -0.3 is 10.2 Å². The minimum atomic E-state index is -0.734. The van der Waals surface area contributed by atoms with Crippen LogP contribution in [0.1, 0.15) is 30.5 Å². The van der Waals surface area contributed by atoms with Crippen LogP contribution in [0, 0.1) is 11.7 Å². The van der Waals surface area contributed by atoms with E-state index in [-0.39, 0.29) is 11.5 Å². The van der Waals surface area contributed by atoms with Crippen molar-refractivity contribution in [3.8, 4) is 5.75 Å². The molecular formula is C15H18FNO2. The van der Waals surface area contributed by atoms with Crippen molar-refractivity contribution in [2.24, 2.45) is 10.9 Å². The van der Waals surface area contributed by atoms with Gasteiger partial charge in [-0.1, -0.05) is 26.5 Å². The van der Waals surface area contributed by atoms with E-state index in [1.807, 2.05) is 13.8 Å². The van der Waals surface area contributed by atoms with E-state index in [4.69, 9.17) is 5.11 Å². The maximum absolute atomic E-state index is 14.0. The Morgan fingerprint density at radius 2 is 2.11 bits per heavy atom. The minimum Gasteiger partial charge on any atom is -0.516 e. The van der Waals surface area contributed by atoms with Gasteiger partial charge in [-0.15, -0.1) is 0 Å². The number of nitrogens with zero attached hydrogens (tertiary/aromatic N) is 1. The number of aromatic hydroxyl groups is 1. The Balaban J connectivity index is 3.76. The Morgan fingerprint density at radius 3 is 2.53 bits per heavy atom. The van der Waals surface area contributed by atoms with Gasteiger partial charge in [0.05, 0.1) is 6.26 Å². The number of phenols is 1. The van der Waals surface area contributed by atoms with Crippen molar-refractivity contribution in [2.45, 2.75) is 13.8 Å². The first-order valence-electron chi connectivity index (χ1n) is 5.93. The number of hydrogen-bond acceptors (Lipinski definition) is 3. The molecule has 4 heteroatoms. The second-order valence-electron chi connectivity index (χ2n) is 4.37. The lowest BCUT2D eigenvalue weighted by molar-refractivity contribution is 0.431. The molecule has 0 saturated carbocycles. The highest BCUT2D eigenvalue weighted by atomic mass is 19.1. The summed E-state index contributed by atoms with van der Waals surface area (Å²) in [6.45, 7) is 7.45. The standard InChI is InChI=1S/C15H18FNO2/c1-5-11-13(15(17-4)9(2)3)10(6-7-18)8-12(19)14(11)16/h5-9,18-19H,1H2,2-4H3/b7-6+,17-15?. The third-order valence-electron chi connectivity index (χ3n) is 2.81. The number of aliphatic hydroxyl groups is 1. The topological polar surface area (TPSA) is 52.8 Å². The molecule has 1 aromatic rings. The second-order valence-corrected chi connectivity index (χ2v) is 4.37. The Kier molecular flexibility index (Phi) is 4.87. The number of halogens is 1. The van der Waals surface area contributed by atoms with Crippen LogP contribution in [-0.4, -0.2) is 23.0 Å². The van der Waals surface area contributed by atoms with Crippen LogP contribution < -0.4 is 0 Å². The van der Waals surface area contributed by atoms with Gasteiger partial charge in [-0.3, -0.25) is 4.99 Å². The van der Waals surface area contributed by atoms with Gasteiger partial charge in [-0.2, -0.15) is 0 Å². The first-order valence-corrected chi connectivity index (χ1v) is 5.93. The summed E-state index contributed by atoms with van der Waals surface area (Å²) in [6.07, 6.45) is 3.57. The molecule has 0 fully saturated rings. The fraction of sp³-hybridized carbons (Fsp3) is 0.267. The molecule has 0 saturated heterocycles. The van der Waals surface area contributed by atoms with E-state index in [1.165, 1.54) is 18.2 Å². The predicted octanol–water partition coefficient (Wildman–Crippen LogP) is 3.78. The van der Waals surface area contributed by atoms with Crippen molar-refractivity contribution in [1.29, 1.82) is 0 Å². The van der Waals surface area contributed by atoms with Gasteiger partial charge in [0.15, 0.2) is 11.6 Å². The third kappa shape index (κ3) is 2.84. The first-order chi connectivity index (χ1) is 8.97. The predicted molar refractivity (Wildman–Crippen MR) is 77.1 cm³/mol. The Labute approximate surface area is 112 Å². The van der Waals surface area contributed by atoms with E-state index in [9.17, 15) is 9.50 Å². The summed E-state index contributed by atoms with van der Waals surface area (Å²) in [7, 11) is 1.62. The fourth-order valence-electron chi connectivity index (χ4n) is 2.03. The Bertz CT molecular complexity index is 546. The van der Waals surface area contributed by atoms with Crippen LogP contribution >= 0.6 is 0 Å². The van der Waals surface area contributed by atoms with E-state index in [1.54, 1.807) is 7.05 Å². The summed E-state index contributed by atoms with van der Waals surface area (Å²) in [6, 6.07) is 1.26. The zero-order valence-corrected chi connectivity index (χ0v) is 11.3. The van der Waals surface area contributed by atoms with E-state index >= 15 is 0 Å². The molecule has 0 amide bonds. The van der Waals surface area contributed by atoms with Crippen LogP contribution in [0.4, 0.5) is 4.39 Å². The number of benzene rings is 1. The third-order valence-corrected chi connectivity index (χ3v) is 2.81. The average Bonchev–Trinajstić information content (AvgIpc) is 2.36. The summed E-state index contributed by atoms with van der Waals surface area (Å²) in [5.74, 6) is -1.15. The smallest absolute Gasteiger partial charge is 0.172 e. The fourth-order valence-corrected chi connectivity index (χ4v) is 2.03. The lowest BCUT2D eigenvalue weighted by Crippen LogP contribution is -2.14. The van der Waals surface area contributed by atoms with Gasteiger partial charge in [0.2, 0.25) is 0 Å². The number of rotatable bonds is 4. The summed E-state index contributed by atoms with van der Waals surface area (Å²) in [5.41, 5.74) is 1.89. The summed E-state index contributed by atoms with van der Waals surface area (Å²) < 4.78 is 14.0. The average molecular weight is 263 g/mol. The highest BCUT2D eigenvalue weighted by Crippen LogP contribution is 2.30. The van der Waals surface area contributed by atoms with Gasteiger partial charge in [0, 0.05) is 23.9 Å². The van der Waals surface area contributed by atoms with Crippen molar-refractivity contribution >= 4 is 17.9 Å². The minimum absolute atomic E-state index is 0.0680. The van der Waals surface area contributed by atoms with Gasteiger partial charge in [0.1, 0.15) is 0 Å². The quantitative estimate of drug-likeness (QED) is 0.641. The molecule has 0 atom stereocenters. The van der Waals surface area contributed by atoms with E-state index in [0.29, 0.717) is 16.8 Å². The number of aliphatic hydroxyl groups excluding tert-OH is 1. The summed E-state index contributed by atoms with van der Waals surface area (Å²) >= 11 is 0. The van der Waals surface area contributed by atoms with Crippen LogP contribution in [-0.2, 0) is 0 Å². The highest BCUT2D eigenvalue weighted by molar-refractivity contribution is 6.07. The first kappa shape index (κ1) is 15.0. The molecule has 0 aliphatic heterocycles. The number of aliphatic imine (C=N–C) groups is 1. The molecule has 3 nitrogen and oxygen atoms in total. The molecule has 1 aromatic carbocycles. The van der Waals surface area contributed by atoms with E-state index in [0.717, 1.165) is 6.26 Å². The van der Waals surface area contributed by atoms with Crippen molar-refractivity contribution in [3.63, 3.8) is 0 Å². The monoisotopic (exact) mass is 263 g/mol. The highest BCUT2D eigenvalue weighted by Gasteiger charge is 2.20. The molecular weight excluding hydrogens is 245 g/mol. The van der Waals surface area contributed by atoms with Crippen molar-refractivity contribution in [3.05, 3.63) is 41.4 Å². The van der Waals surface area contributed by atoms with Gasteiger partial charge >= 0.3 is 0 Å². The zero-order chi connectivity index (χ0) is 14.6. The van der Waals surface area contributed by atoms with Crippen molar-refractivity contribution in [1.82, 2.24) is 0 Å². The molecule has 0 unspecified atom stereocenters. The maximum atomic E-state index is 14.0. The van der Waals surface area contributed by atoms with E-state index < -0.39 is 11.6 Å². The number of phenolic OH excluding ortho intramolecular Hbond substituents is 1. The molecule has 102 valence electrons. The molecule has 0 spiro atoms. The van der Waals surface area contributed by atoms with Crippen LogP contribution in [0.2, 0.25) is 0 Å². The molecule has 2 N–H and O–H groups in total. The lowest BCUT2D eigenvalue weighted by atomic mass is 9.90. The van der Waals surface area contributed by atoms with Crippen LogP contribution in [0.3, 0.4) is 0 Å². The molecule has 19 heavy (non-hydrogen) atoms. The molecule has 0 bridgehead atoms. The molecule has 0 radical (unpaired) electrons. The normalized spacial score (nSPS) is 12.4. The molecule has 1 rings (SSSR count). The van der Waals surface area contributed by atoms with Gasteiger partial charge in [-0.25, -0.2) is 4.39 Å². The largest absolute Gasteiger partial charge is 0.516 e. The summed E-state index contributed by atoms with van der Waals surface area (Å²) in [4.78, 5) is 4.19. The van der Waals surface area contributed by atoms with Crippen LogP contribution in [0.15, 0.2) is 23.9 Å². The molecule has 0 heterocycles. The molecule has 0 aromatic heterocycles. The SMILES string of the molecule is C=Cc1c(F)c(O)cc(/C=C/O)c1C(=NC)C(C)C. The molecule has 0 aliphatic rings. The summed E-state index contributed by atoms with van der Waals surface area (Å²) in [5, 5.41) is 18.5.